The third-order valence-corrected chi connectivity index (χ3v) is 3.03. The van der Waals surface area contributed by atoms with Crippen molar-refractivity contribution in [1.82, 2.24) is 0 Å². The molecule has 19 heavy (non-hydrogen) atoms. The number of nitrogens with one attached hydrogen (secondary N) is 1. The van der Waals surface area contributed by atoms with Crippen molar-refractivity contribution >= 4 is 17.3 Å². The zero-order valence-corrected chi connectivity index (χ0v) is 12.0. The van der Waals surface area contributed by atoms with Crippen LogP contribution in [0.3, 0.4) is 0 Å². The van der Waals surface area contributed by atoms with E-state index in [-0.39, 0.29) is 5.91 Å². The van der Waals surface area contributed by atoms with Gasteiger partial charge >= 0.3 is 0 Å². The van der Waals surface area contributed by atoms with Crippen LogP contribution in [0.5, 0.6) is 0 Å². The smallest absolute Gasteiger partial charge is 0.224 e. The van der Waals surface area contributed by atoms with Crippen molar-refractivity contribution in [1.29, 1.82) is 0 Å². The van der Waals surface area contributed by atoms with E-state index < -0.39 is 0 Å². The van der Waals surface area contributed by atoms with E-state index in [1.807, 2.05) is 43.3 Å². The fourth-order valence-electron chi connectivity index (χ4n) is 1.85. The van der Waals surface area contributed by atoms with E-state index in [2.05, 4.69) is 5.32 Å². The molecule has 0 spiro atoms. The molecular formula is C15H25N3O. The van der Waals surface area contributed by atoms with Gasteiger partial charge in [-0.05, 0) is 43.7 Å². The number of carbonyl (C=O) groups is 1. The number of anilines is 2. The highest BCUT2D eigenvalue weighted by Crippen LogP contribution is 2.16. The van der Waals surface area contributed by atoms with Crippen LogP contribution in [0.1, 0.15) is 32.1 Å². The van der Waals surface area contributed by atoms with Gasteiger partial charge in [0.25, 0.3) is 0 Å². The molecule has 0 aromatic heterocycles. The Morgan fingerprint density at radius 1 is 1.11 bits per heavy atom. The number of carbonyl (C=O) groups excluding carboxylic acids is 1. The molecule has 0 radical (unpaired) electrons. The lowest BCUT2D eigenvalue weighted by Gasteiger charge is -2.13. The zero-order chi connectivity index (χ0) is 14.1. The van der Waals surface area contributed by atoms with Crippen molar-refractivity contribution in [3.63, 3.8) is 0 Å². The zero-order valence-electron chi connectivity index (χ0n) is 12.0. The highest BCUT2D eigenvalue weighted by Gasteiger charge is 2.02. The van der Waals surface area contributed by atoms with Crippen molar-refractivity contribution in [2.24, 2.45) is 5.73 Å². The molecule has 4 nitrogen and oxygen atoms in total. The van der Waals surface area contributed by atoms with E-state index in [9.17, 15) is 4.79 Å². The van der Waals surface area contributed by atoms with Gasteiger partial charge in [0.05, 0.1) is 0 Å². The largest absolute Gasteiger partial charge is 0.378 e. The monoisotopic (exact) mass is 263 g/mol. The Kier molecular flexibility index (Phi) is 6.97. The first-order valence-electron chi connectivity index (χ1n) is 6.91. The molecular weight excluding hydrogens is 238 g/mol. The quantitative estimate of drug-likeness (QED) is 0.709. The molecule has 1 aromatic rings. The maximum absolute atomic E-state index is 11.7. The Morgan fingerprint density at radius 2 is 1.74 bits per heavy atom. The van der Waals surface area contributed by atoms with Crippen LogP contribution >= 0.6 is 0 Å². The van der Waals surface area contributed by atoms with Gasteiger partial charge in [0.15, 0.2) is 0 Å². The Bertz CT molecular complexity index is 373. The van der Waals surface area contributed by atoms with Gasteiger partial charge in [0, 0.05) is 31.9 Å². The first-order valence-corrected chi connectivity index (χ1v) is 6.91. The molecule has 0 aliphatic heterocycles. The fourth-order valence-corrected chi connectivity index (χ4v) is 1.85. The first-order chi connectivity index (χ1) is 9.13. The van der Waals surface area contributed by atoms with Gasteiger partial charge in [-0.2, -0.15) is 0 Å². The summed E-state index contributed by atoms with van der Waals surface area (Å²) in [4.78, 5) is 13.7. The minimum absolute atomic E-state index is 0.0883. The molecule has 0 unspecified atom stereocenters. The van der Waals surface area contributed by atoms with Crippen LogP contribution in [-0.2, 0) is 4.79 Å². The Labute approximate surface area is 116 Å². The summed E-state index contributed by atoms with van der Waals surface area (Å²) >= 11 is 0. The van der Waals surface area contributed by atoms with E-state index in [4.69, 9.17) is 5.73 Å². The number of unbranched alkanes of at least 4 members (excludes halogenated alkanes) is 3. The maximum Gasteiger partial charge on any atom is 0.224 e. The van der Waals surface area contributed by atoms with Gasteiger partial charge in [0.2, 0.25) is 5.91 Å². The lowest BCUT2D eigenvalue weighted by Crippen LogP contribution is -2.12. The number of nitrogens with two attached hydrogens (primary N) is 1. The molecule has 106 valence electrons. The van der Waals surface area contributed by atoms with Crippen LogP contribution in [0.2, 0.25) is 0 Å². The molecule has 0 atom stereocenters. The molecule has 1 aromatic carbocycles. The second kappa shape index (κ2) is 8.53. The van der Waals surface area contributed by atoms with E-state index in [0.29, 0.717) is 6.42 Å². The van der Waals surface area contributed by atoms with Crippen LogP contribution in [0.15, 0.2) is 24.3 Å². The second-order valence-corrected chi connectivity index (χ2v) is 4.94. The third-order valence-electron chi connectivity index (χ3n) is 3.03. The summed E-state index contributed by atoms with van der Waals surface area (Å²) < 4.78 is 0. The minimum atomic E-state index is 0.0883. The molecule has 3 N–H and O–H groups in total. The lowest BCUT2D eigenvalue weighted by molar-refractivity contribution is -0.116. The van der Waals surface area contributed by atoms with Crippen molar-refractivity contribution in [3.05, 3.63) is 24.3 Å². The standard InChI is InChI=1S/C15H25N3O/c1-18(2)14-10-8-13(9-11-14)17-15(19)7-5-3-4-6-12-16/h8-11H,3-7,12,16H2,1-2H3,(H,17,19). The van der Waals surface area contributed by atoms with E-state index in [1.54, 1.807) is 0 Å². The third kappa shape index (κ3) is 6.25. The van der Waals surface area contributed by atoms with E-state index >= 15 is 0 Å². The van der Waals surface area contributed by atoms with Gasteiger partial charge in [-0.15, -0.1) is 0 Å². The average Bonchev–Trinajstić information content (AvgIpc) is 2.39. The van der Waals surface area contributed by atoms with Crippen LogP contribution in [0.25, 0.3) is 0 Å². The highest BCUT2D eigenvalue weighted by atomic mass is 16.1. The molecule has 0 saturated heterocycles. The van der Waals surface area contributed by atoms with Gasteiger partial charge in [-0.25, -0.2) is 0 Å². The summed E-state index contributed by atoms with van der Waals surface area (Å²) in [6.45, 7) is 0.740. The van der Waals surface area contributed by atoms with Gasteiger partial charge in [-0.3, -0.25) is 4.79 Å². The predicted octanol–water partition coefficient (Wildman–Crippen LogP) is 2.60. The molecule has 0 aliphatic carbocycles. The molecule has 0 heterocycles. The van der Waals surface area contributed by atoms with Crippen LogP contribution in [-0.4, -0.2) is 26.5 Å². The molecule has 0 saturated carbocycles. The van der Waals surface area contributed by atoms with Gasteiger partial charge < -0.3 is 16.0 Å². The van der Waals surface area contributed by atoms with Crippen molar-refractivity contribution in [2.75, 3.05) is 30.9 Å². The fraction of sp³-hybridized carbons (Fsp3) is 0.533. The summed E-state index contributed by atoms with van der Waals surface area (Å²) in [5, 5.41) is 2.92. The maximum atomic E-state index is 11.7. The van der Waals surface area contributed by atoms with Crippen LogP contribution in [0.4, 0.5) is 11.4 Å². The number of hydrogen-bond donors (Lipinski definition) is 2. The lowest BCUT2D eigenvalue weighted by atomic mass is 10.1. The highest BCUT2D eigenvalue weighted by molar-refractivity contribution is 5.90. The van der Waals surface area contributed by atoms with Crippen molar-refractivity contribution in [2.45, 2.75) is 32.1 Å². The SMILES string of the molecule is CN(C)c1ccc(NC(=O)CCCCCCN)cc1. The van der Waals surface area contributed by atoms with Gasteiger partial charge in [-0.1, -0.05) is 12.8 Å². The number of amides is 1. The van der Waals surface area contributed by atoms with Crippen molar-refractivity contribution in [3.8, 4) is 0 Å². The average molecular weight is 263 g/mol. The van der Waals surface area contributed by atoms with Crippen LogP contribution < -0.4 is 16.0 Å². The summed E-state index contributed by atoms with van der Waals surface area (Å²) in [6, 6.07) is 7.86. The normalized spacial score (nSPS) is 10.3. The first kappa shape index (κ1) is 15.5. The molecule has 0 fully saturated rings. The Hall–Kier alpha value is -1.55. The van der Waals surface area contributed by atoms with E-state index in [0.717, 1.165) is 43.6 Å². The minimum Gasteiger partial charge on any atom is -0.378 e. The van der Waals surface area contributed by atoms with Gasteiger partial charge in [0.1, 0.15) is 0 Å². The summed E-state index contributed by atoms with van der Waals surface area (Å²) in [5.74, 6) is 0.0883. The Morgan fingerprint density at radius 3 is 2.32 bits per heavy atom. The van der Waals surface area contributed by atoms with Crippen molar-refractivity contribution < 1.29 is 4.79 Å². The number of benzene rings is 1. The topological polar surface area (TPSA) is 58.4 Å². The number of rotatable bonds is 8. The molecule has 4 heteroatoms. The second-order valence-electron chi connectivity index (χ2n) is 4.94. The molecule has 0 aliphatic rings. The number of nitrogens with zero attached hydrogens (tertiary/aromatic N) is 1. The molecule has 0 bridgehead atoms. The predicted molar refractivity (Wildman–Crippen MR) is 81.5 cm³/mol. The molecule has 1 rings (SSSR count). The Balaban J connectivity index is 2.28. The van der Waals surface area contributed by atoms with Crippen LogP contribution in [0, 0.1) is 0 Å². The number of hydrogen-bond acceptors (Lipinski definition) is 3. The summed E-state index contributed by atoms with van der Waals surface area (Å²) in [7, 11) is 3.99. The summed E-state index contributed by atoms with van der Waals surface area (Å²) in [5.41, 5.74) is 7.41. The van der Waals surface area contributed by atoms with E-state index in [1.165, 1.54) is 0 Å². The summed E-state index contributed by atoms with van der Waals surface area (Å²) in [6.07, 6.45) is 4.75. The molecule has 1 amide bonds.